The Balaban J connectivity index is 1.41. The van der Waals surface area contributed by atoms with Crippen molar-refractivity contribution >= 4 is 23.4 Å². The molecule has 1 N–H and O–H groups in total. The highest BCUT2D eigenvalue weighted by molar-refractivity contribution is 6.30. The van der Waals surface area contributed by atoms with Gasteiger partial charge in [0.2, 0.25) is 5.91 Å². The van der Waals surface area contributed by atoms with E-state index < -0.39 is 0 Å². The van der Waals surface area contributed by atoms with Gasteiger partial charge in [0, 0.05) is 29.7 Å². The quantitative estimate of drug-likeness (QED) is 0.753. The zero-order valence-electron chi connectivity index (χ0n) is 16.4. The van der Waals surface area contributed by atoms with Crippen molar-refractivity contribution in [2.75, 3.05) is 26.8 Å². The van der Waals surface area contributed by atoms with Crippen molar-refractivity contribution in [3.05, 3.63) is 59.1 Å². The van der Waals surface area contributed by atoms with Crippen LogP contribution in [0.4, 0.5) is 0 Å². The maximum atomic E-state index is 12.6. The van der Waals surface area contributed by atoms with Crippen LogP contribution in [0.25, 0.3) is 0 Å². The first-order valence-corrected chi connectivity index (χ1v) is 10.0. The minimum absolute atomic E-state index is 0.0424. The molecule has 0 atom stereocenters. The van der Waals surface area contributed by atoms with E-state index in [1.54, 1.807) is 31.4 Å². The number of benzene rings is 2. The fraction of sp³-hybridized carbons (Fsp3) is 0.364. The normalized spacial score (nSPS) is 14.3. The van der Waals surface area contributed by atoms with E-state index in [4.69, 9.17) is 21.1 Å². The number of likely N-dealkylation sites (tertiary alicyclic amines) is 1. The maximum Gasteiger partial charge on any atom is 0.258 e. The van der Waals surface area contributed by atoms with E-state index in [9.17, 15) is 9.59 Å². The van der Waals surface area contributed by atoms with Gasteiger partial charge in [0.1, 0.15) is 11.5 Å². The highest BCUT2D eigenvalue weighted by Crippen LogP contribution is 2.20. The minimum Gasteiger partial charge on any atom is -0.496 e. The van der Waals surface area contributed by atoms with Crippen LogP contribution >= 0.6 is 11.6 Å². The topological polar surface area (TPSA) is 67.9 Å². The van der Waals surface area contributed by atoms with Crippen LogP contribution in [0.3, 0.4) is 0 Å². The fourth-order valence-corrected chi connectivity index (χ4v) is 3.55. The summed E-state index contributed by atoms with van der Waals surface area (Å²) >= 11 is 5.90. The van der Waals surface area contributed by atoms with Gasteiger partial charge in [-0.1, -0.05) is 35.9 Å². The second-order valence-electron chi connectivity index (χ2n) is 6.96. The number of amides is 2. The smallest absolute Gasteiger partial charge is 0.258 e. The van der Waals surface area contributed by atoms with Gasteiger partial charge in [0.25, 0.3) is 5.91 Å². The number of nitrogens with one attached hydrogen (secondary N) is 1. The van der Waals surface area contributed by atoms with Gasteiger partial charge in [-0.3, -0.25) is 9.59 Å². The van der Waals surface area contributed by atoms with Crippen LogP contribution in [-0.4, -0.2) is 49.6 Å². The molecular formula is C22H25ClN2O4. The molecule has 2 amide bonds. The number of hydrogen-bond acceptors (Lipinski definition) is 4. The summed E-state index contributed by atoms with van der Waals surface area (Å²) < 4.78 is 10.8. The number of carbonyl (C=O) groups is 2. The summed E-state index contributed by atoms with van der Waals surface area (Å²) in [6, 6.07) is 14.5. The molecule has 2 aromatic carbocycles. The minimum atomic E-state index is -0.177. The Bertz CT molecular complexity index is 850. The molecular weight excluding hydrogens is 392 g/mol. The Kier molecular flexibility index (Phi) is 7.36. The van der Waals surface area contributed by atoms with Gasteiger partial charge in [-0.15, -0.1) is 0 Å². The van der Waals surface area contributed by atoms with Crippen LogP contribution < -0.4 is 14.8 Å². The second kappa shape index (κ2) is 10.2. The van der Waals surface area contributed by atoms with Crippen molar-refractivity contribution in [3.63, 3.8) is 0 Å². The van der Waals surface area contributed by atoms with E-state index in [-0.39, 0.29) is 24.5 Å². The number of para-hydroxylation sites is 1. The lowest BCUT2D eigenvalue weighted by Crippen LogP contribution is -2.47. The number of nitrogens with zero attached hydrogens (tertiary/aromatic N) is 1. The van der Waals surface area contributed by atoms with E-state index in [1.165, 1.54) is 0 Å². The van der Waals surface area contributed by atoms with Crippen LogP contribution in [0.1, 0.15) is 18.4 Å². The molecule has 154 valence electrons. The van der Waals surface area contributed by atoms with Crippen LogP contribution in [-0.2, 0) is 16.0 Å². The van der Waals surface area contributed by atoms with Gasteiger partial charge < -0.3 is 19.7 Å². The van der Waals surface area contributed by atoms with Crippen molar-refractivity contribution in [2.45, 2.75) is 25.3 Å². The SMILES string of the molecule is COc1ccccc1CC(=O)N1CCC(NC(=O)COc2cccc(Cl)c2)CC1. The van der Waals surface area contributed by atoms with Gasteiger partial charge in [-0.25, -0.2) is 0 Å². The Morgan fingerprint density at radius 1 is 1.14 bits per heavy atom. The molecule has 7 heteroatoms. The number of methoxy groups -OCH3 is 1. The lowest BCUT2D eigenvalue weighted by atomic mass is 10.0. The predicted molar refractivity (Wildman–Crippen MR) is 111 cm³/mol. The molecule has 1 fully saturated rings. The number of rotatable bonds is 7. The van der Waals surface area contributed by atoms with Crippen LogP contribution in [0.5, 0.6) is 11.5 Å². The average Bonchev–Trinajstić information content (AvgIpc) is 2.73. The average molecular weight is 417 g/mol. The third-order valence-electron chi connectivity index (χ3n) is 4.91. The molecule has 1 saturated heterocycles. The monoisotopic (exact) mass is 416 g/mol. The molecule has 0 spiro atoms. The Morgan fingerprint density at radius 2 is 1.90 bits per heavy atom. The summed E-state index contributed by atoms with van der Waals surface area (Å²) in [6.45, 7) is 1.18. The lowest BCUT2D eigenvalue weighted by molar-refractivity contribution is -0.131. The summed E-state index contributed by atoms with van der Waals surface area (Å²) in [4.78, 5) is 26.6. The molecule has 1 aliphatic rings. The van der Waals surface area contributed by atoms with Crippen molar-refractivity contribution in [1.82, 2.24) is 10.2 Å². The summed E-state index contributed by atoms with van der Waals surface area (Å²) in [6.07, 6.45) is 1.76. The zero-order chi connectivity index (χ0) is 20.6. The van der Waals surface area contributed by atoms with Crippen LogP contribution in [0.15, 0.2) is 48.5 Å². The molecule has 1 aliphatic heterocycles. The molecule has 0 radical (unpaired) electrons. The van der Waals surface area contributed by atoms with E-state index in [2.05, 4.69) is 5.32 Å². The van der Waals surface area contributed by atoms with Crippen molar-refractivity contribution in [1.29, 1.82) is 0 Å². The first-order valence-electron chi connectivity index (χ1n) is 9.62. The van der Waals surface area contributed by atoms with Crippen molar-refractivity contribution in [2.24, 2.45) is 0 Å². The third-order valence-corrected chi connectivity index (χ3v) is 5.15. The first-order chi connectivity index (χ1) is 14.0. The van der Waals surface area contributed by atoms with Gasteiger partial charge in [0.05, 0.1) is 13.5 Å². The van der Waals surface area contributed by atoms with Crippen molar-refractivity contribution < 1.29 is 19.1 Å². The summed E-state index contributed by atoms with van der Waals surface area (Å²) in [5.74, 6) is 1.18. The number of halogens is 1. The molecule has 3 rings (SSSR count). The number of carbonyl (C=O) groups excluding carboxylic acids is 2. The lowest BCUT2D eigenvalue weighted by Gasteiger charge is -2.32. The molecule has 0 saturated carbocycles. The molecule has 1 heterocycles. The van der Waals surface area contributed by atoms with Crippen molar-refractivity contribution in [3.8, 4) is 11.5 Å². The van der Waals surface area contributed by atoms with E-state index in [0.29, 0.717) is 30.3 Å². The van der Waals surface area contributed by atoms with Crippen LogP contribution in [0.2, 0.25) is 5.02 Å². The number of hydrogen-bond donors (Lipinski definition) is 1. The molecule has 0 aliphatic carbocycles. The van der Waals surface area contributed by atoms with Gasteiger partial charge in [0.15, 0.2) is 6.61 Å². The molecule has 0 bridgehead atoms. The summed E-state index contributed by atoms with van der Waals surface area (Å²) in [7, 11) is 1.60. The van der Waals surface area contributed by atoms with E-state index >= 15 is 0 Å². The first kappa shape index (κ1) is 21.0. The zero-order valence-corrected chi connectivity index (χ0v) is 17.2. The Hall–Kier alpha value is -2.73. The molecule has 0 aromatic heterocycles. The largest absolute Gasteiger partial charge is 0.496 e. The number of ether oxygens (including phenoxy) is 2. The summed E-state index contributed by atoms with van der Waals surface area (Å²) in [5.41, 5.74) is 0.883. The van der Waals surface area contributed by atoms with Gasteiger partial charge in [-0.05, 0) is 37.1 Å². The van der Waals surface area contributed by atoms with E-state index in [1.807, 2.05) is 29.2 Å². The molecule has 0 unspecified atom stereocenters. The molecule has 2 aromatic rings. The fourth-order valence-electron chi connectivity index (χ4n) is 3.37. The van der Waals surface area contributed by atoms with Gasteiger partial charge in [-0.2, -0.15) is 0 Å². The predicted octanol–water partition coefficient (Wildman–Crippen LogP) is 3.08. The molecule has 6 nitrogen and oxygen atoms in total. The third kappa shape index (κ3) is 6.12. The maximum absolute atomic E-state index is 12.6. The second-order valence-corrected chi connectivity index (χ2v) is 7.39. The highest BCUT2D eigenvalue weighted by atomic mass is 35.5. The number of piperidine rings is 1. The van der Waals surface area contributed by atoms with Crippen LogP contribution in [0, 0.1) is 0 Å². The van der Waals surface area contributed by atoms with E-state index in [0.717, 1.165) is 24.2 Å². The molecule has 29 heavy (non-hydrogen) atoms. The highest BCUT2D eigenvalue weighted by Gasteiger charge is 2.24. The Labute approximate surface area is 175 Å². The van der Waals surface area contributed by atoms with Gasteiger partial charge >= 0.3 is 0 Å². The summed E-state index contributed by atoms with van der Waals surface area (Å²) in [5, 5.41) is 3.54. The Morgan fingerprint density at radius 3 is 2.62 bits per heavy atom. The standard InChI is InChI=1S/C22H25ClN2O4/c1-28-20-8-3-2-5-16(20)13-22(27)25-11-9-18(10-12-25)24-21(26)15-29-19-7-4-6-17(23)14-19/h2-8,14,18H,9-13,15H2,1H3,(H,24,26).